The molecule has 1 aliphatic rings. The molecule has 158 valence electrons. The summed E-state index contributed by atoms with van der Waals surface area (Å²) >= 11 is 0. The van der Waals surface area contributed by atoms with E-state index in [4.69, 9.17) is 9.47 Å². The maximum Gasteiger partial charge on any atom is 0.317 e. The molecule has 0 spiro atoms. The van der Waals surface area contributed by atoms with E-state index in [1.807, 2.05) is 6.07 Å². The maximum absolute atomic E-state index is 12.7. The summed E-state index contributed by atoms with van der Waals surface area (Å²) in [5.41, 5.74) is 1.52. The molecule has 0 radical (unpaired) electrons. The molecule has 0 bridgehead atoms. The van der Waals surface area contributed by atoms with Gasteiger partial charge in [0.2, 0.25) is 0 Å². The van der Waals surface area contributed by atoms with Gasteiger partial charge in [0.05, 0.1) is 20.8 Å². The molecule has 2 aromatic rings. The van der Waals surface area contributed by atoms with Gasteiger partial charge in [0.25, 0.3) is 5.56 Å². The van der Waals surface area contributed by atoms with Gasteiger partial charge in [0, 0.05) is 35.8 Å². The van der Waals surface area contributed by atoms with Gasteiger partial charge in [-0.15, -0.1) is 0 Å². The Hall–Kier alpha value is -3.39. The lowest BCUT2D eigenvalue weighted by atomic mass is 10.00. The number of carbonyl (C=O) groups excluding carboxylic acids is 1. The number of hydrogen-bond donors (Lipinski definition) is 2. The van der Waals surface area contributed by atoms with Crippen molar-refractivity contribution in [3.63, 3.8) is 0 Å². The van der Waals surface area contributed by atoms with Gasteiger partial charge in [-0.25, -0.2) is 0 Å². The summed E-state index contributed by atoms with van der Waals surface area (Å²) in [6.45, 7) is -0.0584. The Morgan fingerprint density at radius 1 is 1.17 bits per heavy atom. The fraction of sp³-hybridized carbons (Fsp3) is 0.318. The van der Waals surface area contributed by atoms with E-state index >= 15 is 0 Å². The van der Waals surface area contributed by atoms with E-state index in [0.29, 0.717) is 35.6 Å². The third-order valence-electron chi connectivity index (χ3n) is 5.06. The summed E-state index contributed by atoms with van der Waals surface area (Å²) in [5.74, 6) is 0.173. The van der Waals surface area contributed by atoms with Crippen LogP contribution in [0.4, 0.5) is 0 Å². The van der Waals surface area contributed by atoms with E-state index in [-0.39, 0.29) is 30.5 Å². The number of nitrogens with zero attached hydrogens (tertiary/aromatic N) is 1. The molecule has 1 atom stereocenters. The molecule has 8 nitrogen and oxygen atoms in total. The van der Waals surface area contributed by atoms with Crippen LogP contribution in [0.3, 0.4) is 0 Å². The number of aliphatic carboxylic acids is 1. The maximum atomic E-state index is 12.7. The Balaban J connectivity index is 1.85. The van der Waals surface area contributed by atoms with Gasteiger partial charge in [-0.2, -0.15) is 0 Å². The SMILES string of the molecule is COc1ccc(-c2ccc(CN(CC(=O)O)C3C=CC(=O)CC3)c(=O)[nH]2)cc1OC. The normalized spacial score (nSPS) is 16.0. The quantitative estimate of drug-likeness (QED) is 0.684. The number of nitrogens with one attached hydrogen (secondary N) is 1. The molecule has 1 aliphatic carbocycles. The van der Waals surface area contributed by atoms with Gasteiger partial charge < -0.3 is 19.6 Å². The number of ether oxygens (including phenoxy) is 2. The fourth-order valence-electron chi connectivity index (χ4n) is 3.48. The smallest absolute Gasteiger partial charge is 0.317 e. The molecule has 2 N–H and O–H groups in total. The van der Waals surface area contributed by atoms with Crippen molar-refractivity contribution in [1.29, 1.82) is 0 Å². The minimum Gasteiger partial charge on any atom is -0.493 e. The minimum absolute atomic E-state index is 0.0265. The lowest BCUT2D eigenvalue weighted by Gasteiger charge is -2.29. The summed E-state index contributed by atoms with van der Waals surface area (Å²) < 4.78 is 10.5. The molecular weight excluding hydrogens is 388 g/mol. The molecule has 30 heavy (non-hydrogen) atoms. The number of hydrogen-bond acceptors (Lipinski definition) is 6. The third-order valence-corrected chi connectivity index (χ3v) is 5.06. The number of aromatic amines is 1. The summed E-state index contributed by atoms with van der Waals surface area (Å²) in [5, 5.41) is 9.26. The number of carboxylic acids is 1. The molecule has 3 rings (SSSR count). The summed E-state index contributed by atoms with van der Waals surface area (Å²) in [6.07, 6.45) is 4.09. The highest BCUT2D eigenvalue weighted by molar-refractivity contribution is 5.90. The van der Waals surface area contributed by atoms with Crippen molar-refractivity contribution in [3.8, 4) is 22.8 Å². The molecular formula is C22H24N2O6. The number of ketones is 1. The zero-order valence-electron chi connectivity index (χ0n) is 16.9. The van der Waals surface area contributed by atoms with Gasteiger partial charge in [0.15, 0.2) is 17.3 Å². The molecule has 0 amide bonds. The van der Waals surface area contributed by atoms with Crippen molar-refractivity contribution >= 4 is 11.8 Å². The molecule has 1 heterocycles. The number of carbonyl (C=O) groups is 2. The zero-order valence-corrected chi connectivity index (χ0v) is 16.9. The number of benzene rings is 1. The molecule has 1 aromatic heterocycles. The van der Waals surface area contributed by atoms with E-state index in [0.717, 1.165) is 5.56 Å². The fourth-order valence-corrected chi connectivity index (χ4v) is 3.48. The lowest BCUT2D eigenvalue weighted by molar-refractivity contribution is -0.138. The van der Waals surface area contributed by atoms with Crippen LogP contribution in [-0.4, -0.2) is 53.5 Å². The van der Waals surface area contributed by atoms with Crippen LogP contribution in [0.15, 0.2) is 47.3 Å². The molecule has 1 unspecified atom stereocenters. The minimum atomic E-state index is -0.987. The largest absolute Gasteiger partial charge is 0.493 e. The summed E-state index contributed by atoms with van der Waals surface area (Å²) in [6, 6.07) is 8.60. The van der Waals surface area contributed by atoms with E-state index in [2.05, 4.69) is 4.98 Å². The average molecular weight is 412 g/mol. The van der Waals surface area contributed by atoms with E-state index in [1.54, 1.807) is 42.4 Å². The van der Waals surface area contributed by atoms with Gasteiger partial charge in [-0.05, 0) is 36.8 Å². The highest BCUT2D eigenvalue weighted by Gasteiger charge is 2.23. The van der Waals surface area contributed by atoms with Gasteiger partial charge in [0.1, 0.15) is 0 Å². The first kappa shape index (κ1) is 21.3. The number of aromatic nitrogens is 1. The second-order valence-corrected chi connectivity index (χ2v) is 7.03. The first-order valence-electron chi connectivity index (χ1n) is 9.52. The topological polar surface area (TPSA) is 109 Å². The van der Waals surface area contributed by atoms with Crippen LogP contribution in [0.2, 0.25) is 0 Å². The standard InChI is InChI=1S/C22H24N2O6/c1-29-19-10-4-14(11-20(19)30-2)18-9-3-15(22(28)23-18)12-24(13-21(26)27)16-5-7-17(25)8-6-16/h3-5,7,9-11,16H,6,8,12-13H2,1-2H3,(H,23,28)(H,26,27). The van der Waals surface area contributed by atoms with Crippen LogP contribution in [-0.2, 0) is 16.1 Å². The predicted octanol–water partition coefficient (Wildman–Crippen LogP) is 2.23. The Kier molecular flexibility index (Phi) is 6.68. The number of pyridine rings is 1. The second-order valence-electron chi connectivity index (χ2n) is 7.03. The Bertz CT molecular complexity index is 1030. The first-order chi connectivity index (χ1) is 14.4. The van der Waals surface area contributed by atoms with E-state index < -0.39 is 5.97 Å². The van der Waals surface area contributed by atoms with Gasteiger partial charge in [-0.3, -0.25) is 19.3 Å². The molecule has 8 heteroatoms. The Morgan fingerprint density at radius 2 is 1.93 bits per heavy atom. The highest BCUT2D eigenvalue weighted by atomic mass is 16.5. The van der Waals surface area contributed by atoms with Gasteiger partial charge in [-0.1, -0.05) is 12.1 Å². The van der Waals surface area contributed by atoms with Crippen LogP contribution in [0, 0.1) is 0 Å². The number of methoxy groups -OCH3 is 2. The lowest BCUT2D eigenvalue weighted by Crippen LogP contribution is -2.40. The molecule has 0 saturated carbocycles. The molecule has 1 aromatic carbocycles. The number of carboxylic acid groups (broad SMARTS) is 1. The van der Waals surface area contributed by atoms with Crippen molar-refractivity contribution in [1.82, 2.24) is 9.88 Å². The van der Waals surface area contributed by atoms with Crippen molar-refractivity contribution < 1.29 is 24.2 Å². The molecule has 0 saturated heterocycles. The summed E-state index contributed by atoms with van der Waals surface area (Å²) in [4.78, 5) is 40.0. The third kappa shape index (κ3) is 4.96. The van der Waals surface area contributed by atoms with Crippen LogP contribution >= 0.6 is 0 Å². The monoisotopic (exact) mass is 412 g/mol. The van der Waals surface area contributed by atoms with Crippen LogP contribution in [0.5, 0.6) is 11.5 Å². The van der Waals surface area contributed by atoms with Crippen LogP contribution in [0.1, 0.15) is 18.4 Å². The number of rotatable bonds is 8. The highest BCUT2D eigenvalue weighted by Crippen LogP contribution is 2.31. The van der Waals surface area contributed by atoms with Crippen molar-refractivity contribution in [2.24, 2.45) is 0 Å². The predicted molar refractivity (Wildman–Crippen MR) is 111 cm³/mol. The van der Waals surface area contributed by atoms with Crippen LogP contribution < -0.4 is 15.0 Å². The van der Waals surface area contributed by atoms with Crippen LogP contribution in [0.25, 0.3) is 11.3 Å². The average Bonchev–Trinajstić information content (AvgIpc) is 2.74. The zero-order chi connectivity index (χ0) is 21.7. The number of H-pyrrole nitrogens is 1. The number of allylic oxidation sites excluding steroid dienone is 1. The van der Waals surface area contributed by atoms with E-state index in [9.17, 15) is 19.5 Å². The second kappa shape index (κ2) is 9.41. The molecule has 0 aliphatic heterocycles. The van der Waals surface area contributed by atoms with Gasteiger partial charge >= 0.3 is 5.97 Å². The first-order valence-corrected chi connectivity index (χ1v) is 9.52. The van der Waals surface area contributed by atoms with E-state index in [1.165, 1.54) is 13.2 Å². The molecule has 0 fully saturated rings. The Labute approximate surface area is 173 Å². The van der Waals surface area contributed by atoms with Crippen molar-refractivity contribution in [2.75, 3.05) is 20.8 Å². The summed E-state index contributed by atoms with van der Waals surface area (Å²) in [7, 11) is 3.09. The van der Waals surface area contributed by atoms with Crippen molar-refractivity contribution in [3.05, 3.63) is 58.4 Å². The Morgan fingerprint density at radius 3 is 2.53 bits per heavy atom. The van der Waals surface area contributed by atoms with Crippen molar-refractivity contribution in [2.45, 2.75) is 25.4 Å².